The molecule has 0 saturated heterocycles. The van der Waals surface area contributed by atoms with Crippen LogP contribution in [0, 0.1) is 6.92 Å². The zero-order valence-corrected chi connectivity index (χ0v) is 10.2. The Bertz CT molecular complexity index is 540. The molecule has 0 aliphatic rings. The minimum atomic E-state index is 0.0172. The highest BCUT2D eigenvalue weighted by molar-refractivity contribution is 5.95. The Balaban J connectivity index is 2.23. The first-order chi connectivity index (χ1) is 8.11. The third-order valence-corrected chi connectivity index (χ3v) is 2.61. The lowest BCUT2D eigenvalue weighted by atomic mass is 10.2. The van der Waals surface area contributed by atoms with Crippen LogP contribution in [0.25, 0.3) is 0 Å². The molecule has 2 rings (SSSR count). The van der Waals surface area contributed by atoms with Crippen LogP contribution < -0.4 is 0 Å². The Morgan fingerprint density at radius 1 is 1.47 bits per heavy atom. The van der Waals surface area contributed by atoms with Crippen LogP contribution >= 0.6 is 0 Å². The Morgan fingerprint density at radius 3 is 2.82 bits per heavy atom. The van der Waals surface area contributed by atoms with Gasteiger partial charge in [0.1, 0.15) is 17.8 Å². The van der Waals surface area contributed by atoms with Crippen molar-refractivity contribution in [2.24, 2.45) is 7.05 Å². The molecule has 0 unspecified atom stereocenters. The number of ketones is 1. The van der Waals surface area contributed by atoms with Gasteiger partial charge >= 0.3 is 0 Å². The quantitative estimate of drug-likeness (QED) is 0.731. The first-order valence-electron chi connectivity index (χ1n) is 5.52. The molecule has 90 valence electrons. The Labute approximate surface area is 99.3 Å². The number of aryl methyl sites for hydroxylation is 3. The van der Waals surface area contributed by atoms with Gasteiger partial charge in [0.15, 0.2) is 5.78 Å². The normalized spacial score (nSPS) is 10.8. The molecule has 2 aromatic heterocycles. The highest BCUT2D eigenvalue weighted by Crippen LogP contribution is 2.08. The average Bonchev–Trinajstić information content (AvgIpc) is 2.85. The second-order valence-electron chi connectivity index (χ2n) is 3.89. The second-order valence-corrected chi connectivity index (χ2v) is 3.89. The van der Waals surface area contributed by atoms with E-state index in [0.717, 1.165) is 5.69 Å². The van der Waals surface area contributed by atoms with Crippen molar-refractivity contribution in [3.05, 3.63) is 29.6 Å². The Hall–Kier alpha value is -1.98. The van der Waals surface area contributed by atoms with Crippen molar-refractivity contribution in [1.29, 1.82) is 0 Å². The molecule has 0 aliphatic heterocycles. The summed E-state index contributed by atoms with van der Waals surface area (Å²) in [5.74, 6) is 0.681. The number of carbonyl (C=O) groups excluding carboxylic acids is 1. The largest absolute Gasteiger partial charge is 0.292 e. The van der Waals surface area contributed by atoms with Crippen LogP contribution in [0.1, 0.15) is 28.9 Å². The van der Waals surface area contributed by atoms with E-state index < -0.39 is 0 Å². The molecule has 0 fully saturated rings. The molecular weight excluding hydrogens is 218 g/mol. The standard InChI is InChI=1S/C11H15N5O/c1-4-16-9(5-8(2)14-16)10(17)6-11-12-7-13-15(11)3/h5,7H,4,6H2,1-3H3. The number of carbonyl (C=O) groups is 1. The lowest BCUT2D eigenvalue weighted by molar-refractivity contribution is 0.0979. The van der Waals surface area contributed by atoms with Gasteiger partial charge in [-0.05, 0) is 19.9 Å². The molecular formula is C11H15N5O. The van der Waals surface area contributed by atoms with Crippen molar-refractivity contribution in [3.63, 3.8) is 0 Å². The number of rotatable bonds is 4. The van der Waals surface area contributed by atoms with E-state index >= 15 is 0 Å². The lowest BCUT2D eigenvalue weighted by Gasteiger charge is -2.03. The summed E-state index contributed by atoms with van der Waals surface area (Å²) in [4.78, 5) is 16.2. The van der Waals surface area contributed by atoms with Crippen LogP contribution in [0.4, 0.5) is 0 Å². The van der Waals surface area contributed by atoms with E-state index in [1.54, 1.807) is 16.4 Å². The molecule has 6 nitrogen and oxygen atoms in total. The summed E-state index contributed by atoms with van der Waals surface area (Å²) < 4.78 is 3.32. The third kappa shape index (κ3) is 2.25. The maximum absolute atomic E-state index is 12.1. The van der Waals surface area contributed by atoms with Crippen molar-refractivity contribution < 1.29 is 4.79 Å². The van der Waals surface area contributed by atoms with E-state index in [0.29, 0.717) is 18.1 Å². The number of aromatic nitrogens is 5. The topological polar surface area (TPSA) is 65.6 Å². The minimum absolute atomic E-state index is 0.0172. The van der Waals surface area contributed by atoms with Crippen molar-refractivity contribution in [2.45, 2.75) is 26.8 Å². The third-order valence-electron chi connectivity index (χ3n) is 2.61. The second kappa shape index (κ2) is 4.48. The molecule has 0 aromatic carbocycles. The lowest BCUT2D eigenvalue weighted by Crippen LogP contribution is -2.14. The highest BCUT2D eigenvalue weighted by Gasteiger charge is 2.15. The molecule has 0 radical (unpaired) electrons. The number of nitrogens with zero attached hydrogens (tertiary/aromatic N) is 5. The van der Waals surface area contributed by atoms with E-state index in [1.807, 2.05) is 19.9 Å². The van der Waals surface area contributed by atoms with E-state index in [9.17, 15) is 4.79 Å². The summed E-state index contributed by atoms with van der Waals surface area (Å²) in [5.41, 5.74) is 1.49. The van der Waals surface area contributed by atoms with Crippen molar-refractivity contribution in [1.82, 2.24) is 24.5 Å². The first-order valence-corrected chi connectivity index (χ1v) is 5.52. The zero-order chi connectivity index (χ0) is 12.4. The van der Waals surface area contributed by atoms with Crippen molar-refractivity contribution in [3.8, 4) is 0 Å². The van der Waals surface area contributed by atoms with Crippen LogP contribution in [-0.2, 0) is 20.0 Å². The molecule has 0 atom stereocenters. The maximum Gasteiger partial charge on any atom is 0.188 e. The van der Waals surface area contributed by atoms with Gasteiger partial charge in [0.2, 0.25) is 0 Å². The van der Waals surface area contributed by atoms with E-state index in [1.165, 1.54) is 6.33 Å². The van der Waals surface area contributed by atoms with Gasteiger partial charge in [0.25, 0.3) is 0 Å². The van der Waals surface area contributed by atoms with Crippen LogP contribution in [-0.4, -0.2) is 30.3 Å². The molecule has 17 heavy (non-hydrogen) atoms. The average molecular weight is 233 g/mol. The Morgan fingerprint density at radius 2 is 2.24 bits per heavy atom. The Kier molecular flexibility index (Phi) is 3.03. The monoisotopic (exact) mass is 233 g/mol. The van der Waals surface area contributed by atoms with Crippen molar-refractivity contribution >= 4 is 5.78 Å². The van der Waals surface area contributed by atoms with Crippen LogP contribution in [0.15, 0.2) is 12.4 Å². The highest BCUT2D eigenvalue weighted by atomic mass is 16.1. The fourth-order valence-electron chi connectivity index (χ4n) is 1.73. The fraction of sp³-hybridized carbons (Fsp3) is 0.455. The molecule has 0 aliphatic carbocycles. The van der Waals surface area contributed by atoms with Gasteiger partial charge in [-0.15, -0.1) is 0 Å². The first kappa shape index (κ1) is 11.5. The van der Waals surface area contributed by atoms with Gasteiger partial charge in [-0.1, -0.05) is 0 Å². The summed E-state index contributed by atoms with van der Waals surface area (Å²) >= 11 is 0. The predicted octanol–water partition coefficient (Wildman–Crippen LogP) is 0.765. The summed E-state index contributed by atoms with van der Waals surface area (Å²) in [6.45, 7) is 4.53. The fourth-order valence-corrected chi connectivity index (χ4v) is 1.73. The predicted molar refractivity (Wildman–Crippen MR) is 61.7 cm³/mol. The van der Waals surface area contributed by atoms with Crippen LogP contribution in [0.5, 0.6) is 0 Å². The van der Waals surface area contributed by atoms with E-state index in [4.69, 9.17) is 0 Å². The van der Waals surface area contributed by atoms with Crippen LogP contribution in [0.2, 0.25) is 0 Å². The van der Waals surface area contributed by atoms with E-state index in [-0.39, 0.29) is 12.2 Å². The van der Waals surface area contributed by atoms with Crippen LogP contribution in [0.3, 0.4) is 0 Å². The molecule has 0 spiro atoms. The van der Waals surface area contributed by atoms with Gasteiger partial charge in [0.05, 0.1) is 12.1 Å². The molecule has 6 heteroatoms. The van der Waals surface area contributed by atoms with Gasteiger partial charge < -0.3 is 0 Å². The van der Waals surface area contributed by atoms with Gasteiger partial charge in [0, 0.05) is 13.6 Å². The maximum atomic E-state index is 12.1. The van der Waals surface area contributed by atoms with E-state index in [2.05, 4.69) is 15.2 Å². The van der Waals surface area contributed by atoms with Gasteiger partial charge in [-0.25, -0.2) is 4.98 Å². The molecule has 0 bridgehead atoms. The number of hydrogen-bond acceptors (Lipinski definition) is 4. The summed E-state index contributed by atoms with van der Waals surface area (Å²) in [5, 5.41) is 8.20. The molecule has 0 amide bonds. The molecule has 0 N–H and O–H groups in total. The van der Waals surface area contributed by atoms with Gasteiger partial charge in [-0.2, -0.15) is 10.2 Å². The SMILES string of the molecule is CCn1nc(C)cc1C(=O)Cc1ncnn1C. The molecule has 2 aromatic rings. The molecule has 0 saturated carbocycles. The number of hydrogen-bond donors (Lipinski definition) is 0. The summed E-state index contributed by atoms with van der Waals surface area (Å²) in [6, 6.07) is 1.81. The number of Topliss-reactive ketones (excluding diaryl/α,β-unsaturated/α-hetero) is 1. The van der Waals surface area contributed by atoms with Crippen molar-refractivity contribution in [2.75, 3.05) is 0 Å². The minimum Gasteiger partial charge on any atom is -0.292 e. The smallest absolute Gasteiger partial charge is 0.188 e. The summed E-state index contributed by atoms with van der Waals surface area (Å²) in [6.07, 6.45) is 1.70. The van der Waals surface area contributed by atoms with Gasteiger partial charge in [-0.3, -0.25) is 14.2 Å². The zero-order valence-electron chi connectivity index (χ0n) is 10.2. The molecule has 2 heterocycles. The summed E-state index contributed by atoms with van der Waals surface area (Å²) in [7, 11) is 1.78.